The van der Waals surface area contributed by atoms with Gasteiger partial charge in [-0.15, -0.1) is 0 Å². The molecule has 14 heavy (non-hydrogen) atoms. The van der Waals surface area contributed by atoms with Gasteiger partial charge in [-0.2, -0.15) is 0 Å². The summed E-state index contributed by atoms with van der Waals surface area (Å²) in [4.78, 5) is 11.5. The van der Waals surface area contributed by atoms with E-state index in [9.17, 15) is 4.79 Å². The zero-order valence-corrected chi connectivity index (χ0v) is 8.79. The first-order chi connectivity index (χ1) is 6.81. The van der Waals surface area contributed by atoms with Gasteiger partial charge in [0.25, 0.3) is 0 Å². The molecule has 0 aromatic carbocycles. The van der Waals surface area contributed by atoms with Crippen LogP contribution < -0.4 is 5.32 Å². The lowest BCUT2D eigenvalue weighted by atomic mass is 9.76. The largest absolute Gasteiger partial charge is 0.466 e. The minimum atomic E-state index is 0.0258. The molecule has 0 amide bonds. The number of rotatable bonds is 2. The fourth-order valence-electron chi connectivity index (χ4n) is 2.77. The fourth-order valence-corrected chi connectivity index (χ4v) is 2.77. The zero-order valence-electron chi connectivity index (χ0n) is 8.79. The van der Waals surface area contributed by atoms with E-state index in [-0.39, 0.29) is 11.9 Å². The monoisotopic (exact) mass is 197 g/mol. The van der Waals surface area contributed by atoms with Gasteiger partial charge in [-0.05, 0) is 51.1 Å². The Morgan fingerprint density at radius 1 is 1.36 bits per heavy atom. The van der Waals surface area contributed by atoms with Gasteiger partial charge in [-0.3, -0.25) is 4.79 Å². The van der Waals surface area contributed by atoms with E-state index < -0.39 is 0 Å². The minimum Gasteiger partial charge on any atom is -0.466 e. The van der Waals surface area contributed by atoms with Crippen molar-refractivity contribution in [2.24, 2.45) is 17.8 Å². The second-order valence-corrected chi connectivity index (χ2v) is 4.44. The lowest BCUT2D eigenvalue weighted by Crippen LogP contribution is -2.29. The third kappa shape index (κ3) is 1.92. The van der Waals surface area contributed by atoms with Crippen molar-refractivity contribution in [1.29, 1.82) is 0 Å². The Bertz CT molecular complexity index is 217. The average Bonchev–Trinajstić information content (AvgIpc) is 2.64. The summed E-state index contributed by atoms with van der Waals surface area (Å²) in [6, 6.07) is 0. The Kier molecular flexibility index (Phi) is 3.06. The van der Waals surface area contributed by atoms with E-state index >= 15 is 0 Å². The van der Waals surface area contributed by atoms with Crippen molar-refractivity contribution in [2.45, 2.75) is 26.2 Å². The van der Waals surface area contributed by atoms with Crippen LogP contribution in [0.4, 0.5) is 0 Å². The number of hydrogen-bond donors (Lipinski definition) is 1. The molecule has 2 fully saturated rings. The quantitative estimate of drug-likeness (QED) is 0.676. The molecule has 1 saturated heterocycles. The van der Waals surface area contributed by atoms with Crippen molar-refractivity contribution in [3.05, 3.63) is 0 Å². The van der Waals surface area contributed by atoms with Crippen molar-refractivity contribution in [3.63, 3.8) is 0 Å². The normalized spacial score (nSPS) is 36.5. The number of ether oxygens (including phenoxy) is 1. The van der Waals surface area contributed by atoms with Crippen LogP contribution in [-0.4, -0.2) is 25.7 Å². The van der Waals surface area contributed by atoms with Crippen LogP contribution in [0, 0.1) is 17.8 Å². The maximum absolute atomic E-state index is 11.5. The summed E-state index contributed by atoms with van der Waals surface area (Å²) >= 11 is 0. The molecule has 3 heteroatoms. The third-order valence-electron chi connectivity index (χ3n) is 3.57. The van der Waals surface area contributed by atoms with Gasteiger partial charge in [0, 0.05) is 0 Å². The maximum atomic E-state index is 11.5. The molecule has 3 nitrogen and oxygen atoms in total. The highest BCUT2D eigenvalue weighted by atomic mass is 16.5. The lowest BCUT2D eigenvalue weighted by Gasteiger charge is -2.29. The first-order valence-corrected chi connectivity index (χ1v) is 5.68. The van der Waals surface area contributed by atoms with Crippen LogP contribution in [0.1, 0.15) is 26.2 Å². The van der Waals surface area contributed by atoms with Gasteiger partial charge in [-0.1, -0.05) is 0 Å². The van der Waals surface area contributed by atoms with Crippen LogP contribution in [0.2, 0.25) is 0 Å². The molecule has 2 aliphatic rings. The standard InChI is InChI=1S/C11H19NO2/c1-2-14-11(13)8-3-4-9-6-12-7-10(9)5-8/h8-10,12H,2-7H2,1H3. The van der Waals surface area contributed by atoms with E-state index in [2.05, 4.69) is 5.32 Å². The van der Waals surface area contributed by atoms with Gasteiger partial charge in [0.2, 0.25) is 0 Å². The Morgan fingerprint density at radius 2 is 2.14 bits per heavy atom. The minimum absolute atomic E-state index is 0.0258. The molecule has 1 saturated carbocycles. The molecule has 1 N–H and O–H groups in total. The highest BCUT2D eigenvalue weighted by molar-refractivity contribution is 5.72. The smallest absolute Gasteiger partial charge is 0.308 e. The number of fused-ring (bicyclic) bond motifs is 1. The molecule has 1 aliphatic carbocycles. The van der Waals surface area contributed by atoms with Crippen molar-refractivity contribution in [1.82, 2.24) is 5.32 Å². The molecular formula is C11H19NO2. The number of carbonyl (C=O) groups excluding carboxylic acids is 1. The molecule has 0 aromatic rings. The first kappa shape index (κ1) is 9.97. The van der Waals surface area contributed by atoms with Gasteiger partial charge in [0.1, 0.15) is 0 Å². The number of carbonyl (C=O) groups is 1. The summed E-state index contributed by atoms with van der Waals surface area (Å²) in [7, 11) is 0. The molecule has 0 aromatic heterocycles. The van der Waals surface area contributed by atoms with Gasteiger partial charge in [0.15, 0.2) is 0 Å². The van der Waals surface area contributed by atoms with Crippen LogP contribution >= 0.6 is 0 Å². The lowest BCUT2D eigenvalue weighted by molar-refractivity contribution is -0.149. The van der Waals surface area contributed by atoms with E-state index in [0.29, 0.717) is 6.61 Å². The van der Waals surface area contributed by atoms with Crippen molar-refractivity contribution in [2.75, 3.05) is 19.7 Å². The molecule has 0 spiro atoms. The Balaban J connectivity index is 1.87. The number of hydrogen-bond acceptors (Lipinski definition) is 3. The topological polar surface area (TPSA) is 38.3 Å². The van der Waals surface area contributed by atoms with Crippen LogP contribution in [0.15, 0.2) is 0 Å². The SMILES string of the molecule is CCOC(=O)C1CCC2CNCC2C1. The molecule has 2 rings (SSSR count). The summed E-state index contributed by atoms with van der Waals surface area (Å²) in [6.07, 6.45) is 3.26. The van der Waals surface area contributed by atoms with Crippen molar-refractivity contribution < 1.29 is 9.53 Å². The molecule has 3 atom stereocenters. The molecule has 3 unspecified atom stereocenters. The molecule has 80 valence electrons. The first-order valence-electron chi connectivity index (χ1n) is 5.68. The van der Waals surface area contributed by atoms with E-state index in [1.54, 1.807) is 0 Å². The van der Waals surface area contributed by atoms with Gasteiger partial charge in [-0.25, -0.2) is 0 Å². The Labute approximate surface area is 85.2 Å². The van der Waals surface area contributed by atoms with E-state index in [4.69, 9.17) is 4.74 Å². The van der Waals surface area contributed by atoms with Crippen LogP contribution in [0.25, 0.3) is 0 Å². The highest BCUT2D eigenvalue weighted by Crippen LogP contribution is 2.36. The number of esters is 1. The maximum Gasteiger partial charge on any atom is 0.308 e. The van der Waals surface area contributed by atoms with Gasteiger partial charge >= 0.3 is 5.97 Å². The fraction of sp³-hybridized carbons (Fsp3) is 0.909. The van der Waals surface area contributed by atoms with Crippen molar-refractivity contribution >= 4 is 5.97 Å². The summed E-state index contributed by atoms with van der Waals surface area (Å²) in [5.74, 6) is 1.74. The van der Waals surface area contributed by atoms with E-state index in [0.717, 1.165) is 37.8 Å². The average molecular weight is 197 g/mol. The summed E-state index contributed by atoms with van der Waals surface area (Å²) in [5, 5.41) is 3.40. The molecule has 0 radical (unpaired) electrons. The van der Waals surface area contributed by atoms with Crippen molar-refractivity contribution in [3.8, 4) is 0 Å². The van der Waals surface area contributed by atoms with E-state index in [1.807, 2.05) is 6.92 Å². The van der Waals surface area contributed by atoms with Crippen LogP contribution in [0.5, 0.6) is 0 Å². The Morgan fingerprint density at radius 3 is 2.93 bits per heavy atom. The van der Waals surface area contributed by atoms with Gasteiger partial charge in [0.05, 0.1) is 12.5 Å². The zero-order chi connectivity index (χ0) is 9.97. The van der Waals surface area contributed by atoms with Crippen LogP contribution in [0.3, 0.4) is 0 Å². The number of nitrogens with one attached hydrogen (secondary N) is 1. The molecular weight excluding hydrogens is 178 g/mol. The third-order valence-corrected chi connectivity index (χ3v) is 3.57. The highest BCUT2D eigenvalue weighted by Gasteiger charge is 2.36. The molecule has 0 bridgehead atoms. The summed E-state index contributed by atoms with van der Waals surface area (Å²) < 4.78 is 5.07. The second-order valence-electron chi connectivity index (χ2n) is 4.44. The molecule has 1 aliphatic heterocycles. The molecule has 1 heterocycles. The predicted molar refractivity (Wildman–Crippen MR) is 53.8 cm³/mol. The summed E-state index contributed by atoms with van der Waals surface area (Å²) in [5.41, 5.74) is 0. The Hall–Kier alpha value is -0.570. The predicted octanol–water partition coefficient (Wildman–Crippen LogP) is 1.19. The van der Waals surface area contributed by atoms with E-state index in [1.165, 1.54) is 6.42 Å². The van der Waals surface area contributed by atoms with Gasteiger partial charge < -0.3 is 10.1 Å². The second kappa shape index (κ2) is 4.30. The summed E-state index contributed by atoms with van der Waals surface area (Å²) in [6.45, 7) is 4.64. The van der Waals surface area contributed by atoms with Crippen LogP contribution in [-0.2, 0) is 9.53 Å².